The van der Waals surface area contributed by atoms with E-state index in [1.54, 1.807) is 0 Å². The quantitative estimate of drug-likeness (QED) is 0.611. The number of nitrogens with zero attached hydrogens (tertiary/aromatic N) is 1. The first-order chi connectivity index (χ1) is 15.2. The van der Waals surface area contributed by atoms with Gasteiger partial charge in [0.15, 0.2) is 0 Å². The van der Waals surface area contributed by atoms with Crippen molar-refractivity contribution < 1.29 is 14.3 Å². The summed E-state index contributed by atoms with van der Waals surface area (Å²) in [5.41, 5.74) is 1.13. The third-order valence-electron chi connectivity index (χ3n) is 8.25. The first-order valence-corrected chi connectivity index (χ1v) is 12.5. The van der Waals surface area contributed by atoms with Gasteiger partial charge in [0, 0.05) is 37.8 Å². The number of nitrogens with one attached hydrogen (secondary N) is 1. The predicted octanol–water partition coefficient (Wildman–Crippen LogP) is 4.72. The molecule has 0 spiro atoms. The standard InChI is InChI=1S/C26H38N2O3/c29-25(19-26-16-20-4-1-5-21(17-26)22(14-20)18-26)27-23-6-2-7-24(15-23)31-11-3-8-28-9-12-30-13-10-28/h2,6-7,15,20-22H,1,3-5,8-14,16-19H2,(H,27,29). The molecule has 4 atom stereocenters. The number of anilines is 1. The maximum atomic E-state index is 13.0. The first kappa shape index (κ1) is 21.3. The van der Waals surface area contributed by atoms with Crippen molar-refractivity contribution in [1.29, 1.82) is 0 Å². The van der Waals surface area contributed by atoms with Crippen LogP contribution in [0.5, 0.6) is 5.75 Å². The van der Waals surface area contributed by atoms with Crippen molar-refractivity contribution in [2.24, 2.45) is 23.2 Å². The van der Waals surface area contributed by atoms with Gasteiger partial charge in [0.05, 0.1) is 19.8 Å². The molecule has 1 aromatic rings. The van der Waals surface area contributed by atoms with E-state index in [1.807, 2.05) is 24.3 Å². The maximum absolute atomic E-state index is 13.0. The van der Waals surface area contributed by atoms with Crippen molar-refractivity contribution >= 4 is 11.6 Å². The lowest BCUT2D eigenvalue weighted by molar-refractivity contribution is -0.119. The third kappa shape index (κ3) is 5.25. The Hall–Kier alpha value is -1.59. The van der Waals surface area contributed by atoms with Crippen molar-refractivity contribution in [3.8, 4) is 5.75 Å². The first-order valence-electron chi connectivity index (χ1n) is 12.5. The Morgan fingerprint density at radius 1 is 1.16 bits per heavy atom. The Morgan fingerprint density at radius 2 is 2.03 bits per heavy atom. The Morgan fingerprint density at radius 3 is 2.94 bits per heavy atom. The van der Waals surface area contributed by atoms with Crippen LogP contribution in [0.15, 0.2) is 24.3 Å². The number of carbonyl (C=O) groups is 1. The Bertz CT molecular complexity index is 759. The van der Waals surface area contributed by atoms with Gasteiger partial charge < -0.3 is 14.8 Å². The molecule has 5 nitrogen and oxygen atoms in total. The molecular formula is C26H38N2O3. The fourth-order valence-corrected chi connectivity index (χ4v) is 7.05. The highest BCUT2D eigenvalue weighted by molar-refractivity contribution is 5.91. The van der Waals surface area contributed by atoms with E-state index in [2.05, 4.69) is 10.2 Å². The summed E-state index contributed by atoms with van der Waals surface area (Å²) in [5, 5.41) is 3.17. The summed E-state index contributed by atoms with van der Waals surface area (Å²) in [6.45, 7) is 5.46. The van der Waals surface area contributed by atoms with Crippen molar-refractivity contribution in [2.45, 2.75) is 57.8 Å². The zero-order chi connectivity index (χ0) is 21.1. The second-order valence-electron chi connectivity index (χ2n) is 10.6. The monoisotopic (exact) mass is 426 g/mol. The summed E-state index contributed by atoms with van der Waals surface area (Å²) >= 11 is 0. The number of morpholine rings is 1. The van der Waals surface area contributed by atoms with Crippen molar-refractivity contribution in [3.63, 3.8) is 0 Å². The van der Waals surface area contributed by atoms with E-state index in [9.17, 15) is 4.79 Å². The average Bonchev–Trinajstić information content (AvgIpc) is 2.91. The number of benzene rings is 1. The molecule has 1 aliphatic heterocycles. The van der Waals surface area contributed by atoms with Crippen LogP contribution in [0.2, 0.25) is 0 Å². The summed E-state index contributed by atoms with van der Waals surface area (Å²) in [6, 6.07) is 7.90. The lowest BCUT2D eigenvalue weighted by Crippen LogP contribution is -2.37. The van der Waals surface area contributed by atoms with Gasteiger partial charge in [-0.15, -0.1) is 0 Å². The summed E-state index contributed by atoms with van der Waals surface area (Å²) in [4.78, 5) is 15.4. The van der Waals surface area contributed by atoms with Crippen LogP contribution in [0.3, 0.4) is 0 Å². The minimum Gasteiger partial charge on any atom is -0.493 e. The van der Waals surface area contributed by atoms with Crippen LogP contribution in [-0.4, -0.2) is 50.3 Å². The van der Waals surface area contributed by atoms with E-state index in [1.165, 1.54) is 44.9 Å². The SMILES string of the molecule is O=C(CC12CC3CCCC(C1)C(C3)C2)Nc1cccc(OCCCN2CCOCC2)c1. The molecule has 1 saturated heterocycles. The van der Waals surface area contributed by atoms with Gasteiger partial charge in [-0.05, 0) is 67.4 Å². The molecule has 0 aromatic heterocycles. The van der Waals surface area contributed by atoms with Gasteiger partial charge in [0.2, 0.25) is 5.91 Å². The van der Waals surface area contributed by atoms with E-state index in [0.717, 1.165) is 68.5 Å². The van der Waals surface area contributed by atoms with Crippen molar-refractivity contribution in [1.82, 2.24) is 4.90 Å². The van der Waals surface area contributed by atoms with Gasteiger partial charge >= 0.3 is 0 Å². The molecule has 3 bridgehead atoms. The molecule has 3 saturated carbocycles. The van der Waals surface area contributed by atoms with E-state index in [0.29, 0.717) is 13.0 Å². The molecule has 4 aliphatic rings. The number of ether oxygens (including phenoxy) is 2. The maximum Gasteiger partial charge on any atom is 0.224 e. The smallest absolute Gasteiger partial charge is 0.224 e. The summed E-state index contributed by atoms with van der Waals surface area (Å²) in [6.07, 6.45) is 11.2. The molecule has 0 radical (unpaired) electrons. The highest BCUT2D eigenvalue weighted by Crippen LogP contribution is 2.61. The molecular weight excluding hydrogens is 388 g/mol. The van der Waals surface area contributed by atoms with Gasteiger partial charge in [0.1, 0.15) is 5.75 Å². The summed E-state index contributed by atoms with van der Waals surface area (Å²) < 4.78 is 11.4. The molecule has 4 fully saturated rings. The van der Waals surface area contributed by atoms with Crippen LogP contribution < -0.4 is 10.1 Å². The number of amides is 1. The van der Waals surface area contributed by atoms with Crippen LogP contribution in [0.4, 0.5) is 5.69 Å². The topological polar surface area (TPSA) is 50.8 Å². The minimum atomic E-state index is 0.185. The molecule has 1 aromatic carbocycles. The molecule has 1 N–H and O–H groups in total. The zero-order valence-corrected chi connectivity index (χ0v) is 18.8. The van der Waals surface area contributed by atoms with E-state index >= 15 is 0 Å². The van der Waals surface area contributed by atoms with Crippen molar-refractivity contribution in [3.05, 3.63) is 24.3 Å². The Kier molecular flexibility index (Phi) is 6.51. The molecule has 5 heteroatoms. The predicted molar refractivity (Wildman–Crippen MR) is 122 cm³/mol. The molecule has 4 unspecified atom stereocenters. The number of carbonyl (C=O) groups excluding carboxylic acids is 1. The van der Waals surface area contributed by atoms with Crippen LogP contribution >= 0.6 is 0 Å². The second kappa shape index (κ2) is 9.50. The fourth-order valence-electron chi connectivity index (χ4n) is 7.05. The molecule has 31 heavy (non-hydrogen) atoms. The third-order valence-corrected chi connectivity index (χ3v) is 8.25. The van der Waals surface area contributed by atoms with Crippen LogP contribution in [0.25, 0.3) is 0 Å². The van der Waals surface area contributed by atoms with Gasteiger partial charge in [-0.25, -0.2) is 0 Å². The number of rotatable bonds is 8. The molecule has 3 aliphatic carbocycles. The highest BCUT2D eigenvalue weighted by atomic mass is 16.5. The lowest BCUT2D eigenvalue weighted by atomic mass is 9.68. The lowest BCUT2D eigenvalue weighted by Gasteiger charge is -2.37. The Balaban J connectivity index is 1.10. The van der Waals surface area contributed by atoms with E-state index in [-0.39, 0.29) is 11.3 Å². The largest absolute Gasteiger partial charge is 0.493 e. The number of hydrogen-bond acceptors (Lipinski definition) is 4. The zero-order valence-electron chi connectivity index (χ0n) is 18.8. The highest BCUT2D eigenvalue weighted by Gasteiger charge is 2.51. The van der Waals surface area contributed by atoms with Crippen LogP contribution in [0, 0.1) is 23.2 Å². The van der Waals surface area contributed by atoms with Crippen LogP contribution in [0.1, 0.15) is 57.8 Å². The van der Waals surface area contributed by atoms with E-state index in [4.69, 9.17) is 9.47 Å². The Labute approximate surface area is 186 Å². The number of hydrogen-bond donors (Lipinski definition) is 1. The van der Waals surface area contributed by atoms with Gasteiger partial charge in [-0.1, -0.05) is 25.3 Å². The van der Waals surface area contributed by atoms with E-state index < -0.39 is 0 Å². The van der Waals surface area contributed by atoms with Crippen molar-refractivity contribution in [2.75, 3.05) is 44.8 Å². The average molecular weight is 427 g/mol. The minimum absolute atomic E-state index is 0.185. The van der Waals surface area contributed by atoms with Gasteiger partial charge in [-0.3, -0.25) is 9.69 Å². The fraction of sp³-hybridized carbons (Fsp3) is 0.731. The van der Waals surface area contributed by atoms with Gasteiger partial charge in [0.25, 0.3) is 0 Å². The molecule has 5 rings (SSSR count). The van der Waals surface area contributed by atoms with Gasteiger partial charge in [-0.2, -0.15) is 0 Å². The second-order valence-corrected chi connectivity index (χ2v) is 10.6. The normalized spacial score (nSPS) is 32.6. The molecule has 1 amide bonds. The summed E-state index contributed by atoms with van der Waals surface area (Å²) in [7, 11) is 0. The van der Waals surface area contributed by atoms with Crippen LogP contribution in [-0.2, 0) is 9.53 Å². The molecule has 1 heterocycles. The summed E-state index contributed by atoms with van der Waals surface area (Å²) in [5.74, 6) is 3.67. The molecule has 170 valence electrons. The number of fused-ring (bicyclic) bond motifs is 2.